The van der Waals surface area contributed by atoms with Crippen LogP contribution < -0.4 is 5.32 Å². The molecule has 2 aliphatic rings. The summed E-state index contributed by atoms with van der Waals surface area (Å²) in [5.41, 5.74) is 0.887. The number of fused-ring (bicyclic) bond motifs is 1. The van der Waals surface area contributed by atoms with Crippen LogP contribution in [0, 0.1) is 5.92 Å². The van der Waals surface area contributed by atoms with E-state index < -0.39 is 0 Å². The van der Waals surface area contributed by atoms with Crippen LogP contribution in [0.4, 0.5) is 0 Å². The highest BCUT2D eigenvalue weighted by Gasteiger charge is 2.30. The highest BCUT2D eigenvalue weighted by Crippen LogP contribution is 2.30. The number of rotatable bonds is 2. The first-order chi connectivity index (χ1) is 10.8. The minimum absolute atomic E-state index is 0.218. The molecule has 2 saturated heterocycles. The molecule has 116 valence electrons. The first kappa shape index (κ1) is 14.2. The Balaban J connectivity index is 1.45. The zero-order valence-corrected chi connectivity index (χ0v) is 13.6. The number of piperidine rings is 1. The summed E-state index contributed by atoms with van der Waals surface area (Å²) in [6, 6.07) is 8.90. The molecule has 0 bridgehead atoms. The van der Waals surface area contributed by atoms with Crippen molar-refractivity contribution in [2.75, 3.05) is 19.6 Å². The van der Waals surface area contributed by atoms with Crippen LogP contribution in [-0.2, 0) is 0 Å². The van der Waals surface area contributed by atoms with Crippen molar-refractivity contribution in [1.82, 2.24) is 10.2 Å². The Morgan fingerprint density at radius 3 is 2.77 bits per heavy atom. The molecule has 22 heavy (non-hydrogen) atoms. The molecule has 1 N–H and O–H groups in total. The number of hydrogen-bond donors (Lipinski definition) is 1. The first-order valence-electron chi connectivity index (χ1n) is 8.32. The normalized spacial score (nSPS) is 23.3. The molecule has 1 aromatic carbocycles. The highest BCUT2D eigenvalue weighted by atomic mass is 32.1. The monoisotopic (exact) mass is 314 g/mol. The molecule has 3 heterocycles. The fourth-order valence-corrected chi connectivity index (χ4v) is 4.87. The number of thiophene rings is 1. The molecule has 0 aliphatic carbocycles. The summed E-state index contributed by atoms with van der Waals surface area (Å²) in [7, 11) is 0. The first-order valence-corrected chi connectivity index (χ1v) is 9.20. The van der Waals surface area contributed by atoms with Gasteiger partial charge in [0.2, 0.25) is 0 Å². The molecule has 1 amide bonds. The van der Waals surface area contributed by atoms with Crippen LogP contribution in [0.3, 0.4) is 0 Å². The van der Waals surface area contributed by atoms with Crippen LogP contribution in [-0.4, -0.2) is 36.5 Å². The predicted octanol–water partition coefficient (Wildman–Crippen LogP) is 3.51. The molecule has 0 spiro atoms. The van der Waals surface area contributed by atoms with Crippen LogP contribution in [0.25, 0.3) is 10.1 Å². The minimum Gasteiger partial charge on any atom is -0.339 e. The summed E-state index contributed by atoms with van der Waals surface area (Å²) >= 11 is 1.67. The molecule has 1 unspecified atom stereocenters. The smallest absolute Gasteiger partial charge is 0.255 e. The maximum atomic E-state index is 12.8. The Labute approximate surface area is 135 Å². The highest BCUT2D eigenvalue weighted by molar-refractivity contribution is 7.17. The van der Waals surface area contributed by atoms with E-state index >= 15 is 0 Å². The van der Waals surface area contributed by atoms with Gasteiger partial charge in [0.25, 0.3) is 5.91 Å². The van der Waals surface area contributed by atoms with E-state index in [0.717, 1.165) is 42.8 Å². The minimum atomic E-state index is 0.218. The number of hydrogen-bond acceptors (Lipinski definition) is 3. The lowest BCUT2D eigenvalue weighted by Gasteiger charge is -2.34. The van der Waals surface area contributed by atoms with Crippen molar-refractivity contribution in [1.29, 1.82) is 0 Å². The van der Waals surface area contributed by atoms with E-state index in [9.17, 15) is 4.79 Å². The predicted molar refractivity (Wildman–Crippen MR) is 91.5 cm³/mol. The van der Waals surface area contributed by atoms with Gasteiger partial charge < -0.3 is 10.2 Å². The Hall–Kier alpha value is -1.39. The molecule has 1 aromatic heterocycles. The molecular weight excluding hydrogens is 292 g/mol. The van der Waals surface area contributed by atoms with Gasteiger partial charge in [0.05, 0.1) is 5.56 Å². The second-order valence-electron chi connectivity index (χ2n) is 6.48. The third-order valence-electron chi connectivity index (χ3n) is 5.21. The van der Waals surface area contributed by atoms with Gasteiger partial charge in [0.15, 0.2) is 0 Å². The Kier molecular flexibility index (Phi) is 3.89. The van der Waals surface area contributed by atoms with E-state index in [4.69, 9.17) is 0 Å². The number of nitrogens with zero attached hydrogens (tertiary/aromatic N) is 1. The molecule has 2 aromatic rings. The topological polar surface area (TPSA) is 32.3 Å². The Morgan fingerprint density at radius 1 is 1.18 bits per heavy atom. The molecule has 1 atom stereocenters. The zero-order chi connectivity index (χ0) is 14.9. The van der Waals surface area contributed by atoms with Gasteiger partial charge in [0, 0.05) is 34.6 Å². The van der Waals surface area contributed by atoms with Crippen molar-refractivity contribution < 1.29 is 4.79 Å². The number of nitrogens with one attached hydrogen (secondary N) is 1. The summed E-state index contributed by atoms with van der Waals surface area (Å²) in [4.78, 5) is 14.9. The SMILES string of the molecule is O=C(c1csc2ccccc12)N1CCC(C2CCCN2)CC1. The van der Waals surface area contributed by atoms with E-state index in [1.807, 2.05) is 17.5 Å². The van der Waals surface area contributed by atoms with Crippen molar-refractivity contribution in [3.8, 4) is 0 Å². The number of amides is 1. The molecule has 4 rings (SSSR count). The van der Waals surface area contributed by atoms with Crippen LogP contribution in [0.15, 0.2) is 29.6 Å². The van der Waals surface area contributed by atoms with Crippen LogP contribution in [0.2, 0.25) is 0 Å². The lowest BCUT2D eigenvalue weighted by molar-refractivity contribution is 0.0677. The van der Waals surface area contributed by atoms with Crippen molar-refractivity contribution in [2.45, 2.75) is 31.7 Å². The van der Waals surface area contributed by atoms with Gasteiger partial charge in [0.1, 0.15) is 0 Å². The number of carbonyl (C=O) groups is 1. The second-order valence-corrected chi connectivity index (χ2v) is 7.39. The lowest BCUT2D eigenvalue weighted by atomic mass is 9.88. The Morgan fingerprint density at radius 2 is 2.00 bits per heavy atom. The van der Waals surface area contributed by atoms with E-state index in [1.165, 1.54) is 24.1 Å². The molecule has 4 heteroatoms. The fourth-order valence-electron chi connectivity index (χ4n) is 3.93. The Bertz CT molecular complexity index is 667. The van der Waals surface area contributed by atoms with E-state index in [0.29, 0.717) is 6.04 Å². The van der Waals surface area contributed by atoms with E-state index in [2.05, 4.69) is 22.3 Å². The van der Waals surface area contributed by atoms with Crippen molar-refractivity contribution in [3.05, 3.63) is 35.2 Å². The van der Waals surface area contributed by atoms with Gasteiger partial charge in [-0.1, -0.05) is 18.2 Å². The van der Waals surface area contributed by atoms with Crippen molar-refractivity contribution in [3.63, 3.8) is 0 Å². The maximum absolute atomic E-state index is 12.8. The van der Waals surface area contributed by atoms with Crippen molar-refractivity contribution >= 4 is 27.3 Å². The quantitative estimate of drug-likeness (QED) is 0.920. The van der Waals surface area contributed by atoms with Gasteiger partial charge in [-0.2, -0.15) is 0 Å². The molecular formula is C18H22N2OS. The largest absolute Gasteiger partial charge is 0.339 e. The number of likely N-dealkylation sites (tertiary alicyclic amines) is 1. The van der Waals surface area contributed by atoms with Gasteiger partial charge >= 0.3 is 0 Å². The summed E-state index contributed by atoms with van der Waals surface area (Å²) in [6.45, 7) is 2.99. The van der Waals surface area contributed by atoms with Crippen molar-refractivity contribution in [2.24, 2.45) is 5.92 Å². The van der Waals surface area contributed by atoms with Gasteiger partial charge in [-0.25, -0.2) is 0 Å². The summed E-state index contributed by atoms with van der Waals surface area (Å²) in [6.07, 6.45) is 4.91. The average Bonchev–Trinajstić information content (AvgIpc) is 3.24. The van der Waals surface area contributed by atoms with Gasteiger partial charge in [-0.05, 0) is 44.2 Å². The van der Waals surface area contributed by atoms with Gasteiger partial charge in [-0.3, -0.25) is 4.79 Å². The van der Waals surface area contributed by atoms with Crippen LogP contribution in [0.5, 0.6) is 0 Å². The summed E-state index contributed by atoms with van der Waals surface area (Å²) < 4.78 is 1.20. The lowest BCUT2D eigenvalue weighted by Crippen LogP contribution is -2.43. The maximum Gasteiger partial charge on any atom is 0.255 e. The molecule has 2 aliphatic heterocycles. The molecule has 3 nitrogen and oxygen atoms in total. The molecule has 0 radical (unpaired) electrons. The number of carbonyl (C=O) groups excluding carboxylic acids is 1. The summed E-state index contributed by atoms with van der Waals surface area (Å²) in [5, 5.41) is 6.75. The second kappa shape index (κ2) is 6.01. The van der Waals surface area contributed by atoms with E-state index in [1.54, 1.807) is 11.3 Å². The van der Waals surface area contributed by atoms with Gasteiger partial charge in [-0.15, -0.1) is 11.3 Å². The average molecular weight is 314 g/mol. The zero-order valence-electron chi connectivity index (χ0n) is 12.8. The van der Waals surface area contributed by atoms with Crippen LogP contribution in [0.1, 0.15) is 36.0 Å². The fraction of sp³-hybridized carbons (Fsp3) is 0.500. The molecule has 2 fully saturated rings. The standard InChI is InChI=1S/C18H22N2OS/c21-18(15-12-22-17-6-2-1-4-14(15)17)20-10-7-13(8-11-20)16-5-3-9-19-16/h1-2,4,6,12-13,16,19H,3,5,7-11H2. The summed E-state index contributed by atoms with van der Waals surface area (Å²) in [5.74, 6) is 0.973. The van der Waals surface area contributed by atoms with E-state index in [-0.39, 0.29) is 5.91 Å². The third-order valence-corrected chi connectivity index (χ3v) is 6.17. The number of benzene rings is 1. The molecule has 0 saturated carbocycles. The third kappa shape index (κ3) is 2.55. The van der Waals surface area contributed by atoms with Crippen LogP contribution >= 0.6 is 11.3 Å².